The van der Waals surface area contributed by atoms with Gasteiger partial charge in [-0.05, 0) is 25.8 Å². The van der Waals surface area contributed by atoms with Gasteiger partial charge < -0.3 is 15.3 Å². The molecule has 0 radical (unpaired) electrons. The van der Waals surface area contributed by atoms with E-state index in [1.54, 1.807) is 16.4 Å². The van der Waals surface area contributed by atoms with E-state index in [9.17, 15) is 9.90 Å². The number of nitrogens with zero attached hydrogens (tertiary/aromatic N) is 4. The third-order valence-corrected chi connectivity index (χ3v) is 5.23. The van der Waals surface area contributed by atoms with Crippen molar-refractivity contribution in [2.75, 3.05) is 19.6 Å². The van der Waals surface area contributed by atoms with Crippen LogP contribution < -0.4 is 5.32 Å². The quantitative estimate of drug-likeness (QED) is 0.810. The van der Waals surface area contributed by atoms with Gasteiger partial charge in [-0.15, -0.1) is 11.3 Å². The Morgan fingerprint density at radius 2 is 2.25 bits per heavy atom. The van der Waals surface area contributed by atoms with Crippen LogP contribution in [0.4, 0.5) is 0 Å². The minimum atomic E-state index is -0.434. The van der Waals surface area contributed by atoms with Crippen LogP contribution in [-0.2, 0) is 6.54 Å². The molecular weight excluding hydrogens is 326 g/mol. The summed E-state index contributed by atoms with van der Waals surface area (Å²) in [7, 11) is 0. The molecule has 1 atom stereocenters. The summed E-state index contributed by atoms with van der Waals surface area (Å²) in [6.07, 6.45) is 4.93. The van der Waals surface area contributed by atoms with Crippen LogP contribution >= 0.6 is 11.3 Å². The van der Waals surface area contributed by atoms with Crippen molar-refractivity contribution in [1.29, 1.82) is 0 Å². The van der Waals surface area contributed by atoms with E-state index in [2.05, 4.69) is 20.3 Å². The molecule has 24 heavy (non-hydrogen) atoms. The maximum Gasteiger partial charge on any atom is 0.263 e. The van der Waals surface area contributed by atoms with E-state index in [1.807, 2.05) is 19.2 Å². The van der Waals surface area contributed by atoms with Gasteiger partial charge in [0, 0.05) is 38.1 Å². The molecule has 0 spiro atoms. The number of likely N-dealkylation sites (tertiary alicyclic amines) is 1. The average Bonchev–Trinajstić information content (AvgIpc) is 3.20. The number of β-amino-alcohol motifs (C(OH)–C–C–N with tert-alkyl or cyclic N) is 1. The van der Waals surface area contributed by atoms with Crippen molar-refractivity contribution < 1.29 is 9.90 Å². The van der Waals surface area contributed by atoms with E-state index >= 15 is 0 Å². The van der Waals surface area contributed by atoms with Crippen LogP contribution in [0.1, 0.15) is 28.2 Å². The van der Waals surface area contributed by atoms with E-state index in [0.717, 1.165) is 31.6 Å². The molecule has 3 rings (SSSR count). The largest absolute Gasteiger partial charge is 0.390 e. The number of aliphatic hydroxyl groups is 1. The number of amides is 1. The number of aromatic nitrogens is 3. The first kappa shape index (κ1) is 17.1. The lowest BCUT2D eigenvalue weighted by atomic mass is 10.0. The monoisotopic (exact) mass is 349 g/mol. The van der Waals surface area contributed by atoms with Gasteiger partial charge in [0.1, 0.15) is 4.88 Å². The van der Waals surface area contributed by atoms with Gasteiger partial charge in [0.15, 0.2) is 0 Å². The number of thiazole rings is 1. The van der Waals surface area contributed by atoms with Crippen molar-refractivity contribution in [2.24, 2.45) is 0 Å². The Labute approximate surface area is 145 Å². The van der Waals surface area contributed by atoms with Gasteiger partial charge in [-0.3, -0.25) is 9.48 Å². The summed E-state index contributed by atoms with van der Waals surface area (Å²) in [6.45, 7) is 4.75. The number of rotatable bonds is 6. The molecule has 1 aliphatic heterocycles. The summed E-state index contributed by atoms with van der Waals surface area (Å²) in [5.74, 6) is -0.0211. The summed E-state index contributed by atoms with van der Waals surface area (Å²) in [5, 5.41) is 17.4. The summed E-state index contributed by atoms with van der Waals surface area (Å²) in [6, 6.07) is 2.05. The third-order valence-electron chi connectivity index (χ3n) is 4.30. The molecule has 0 aromatic carbocycles. The first-order valence-electron chi connectivity index (χ1n) is 8.20. The molecule has 0 saturated carbocycles. The summed E-state index contributed by atoms with van der Waals surface area (Å²) < 4.78 is 1.75. The van der Waals surface area contributed by atoms with Crippen molar-refractivity contribution in [1.82, 2.24) is 25.0 Å². The Balaban J connectivity index is 1.41. The van der Waals surface area contributed by atoms with Gasteiger partial charge >= 0.3 is 0 Å². The number of hydrogen-bond acceptors (Lipinski definition) is 6. The average molecular weight is 349 g/mol. The van der Waals surface area contributed by atoms with Crippen molar-refractivity contribution in [2.45, 2.75) is 38.5 Å². The number of carbonyl (C=O) groups is 1. The Morgan fingerprint density at radius 1 is 1.46 bits per heavy atom. The molecular formula is C16H23N5O2S. The van der Waals surface area contributed by atoms with Crippen LogP contribution in [0.3, 0.4) is 0 Å². The number of hydrogen-bond donors (Lipinski definition) is 2. The molecule has 1 saturated heterocycles. The van der Waals surface area contributed by atoms with Gasteiger partial charge in [-0.1, -0.05) is 0 Å². The van der Waals surface area contributed by atoms with Crippen LogP contribution in [0.5, 0.6) is 0 Å². The topological polar surface area (TPSA) is 83.3 Å². The minimum absolute atomic E-state index is 0.0211. The minimum Gasteiger partial charge on any atom is -0.390 e. The summed E-state index contributed by atoms with van der Waals surface area (Å²) >= 11 is 1.38. The predicted octanol–water partition coefficient (Wildman–Crippen LogP) is 0.903. The molecule has 7 nitrogen and oxygen atoms in total. The maximum atomic E-state index is 12.2. The predicted molar refractivity (Wildman–Crippen MR) is 92.0 cm³/mol. The highest BCUT2D eigenvalue weighted by atomic mass is 32.1. The molecule has 3 heterocycles. The molecule has 0 bridgehead atoms. The summed E-state index contributed by atoms with van der Waals surface area (Å²) in [4.78, 5) is 19.3. The fraction of sp³-hybridized carbons (Fsp3) is 0.562. The number of aliphatic hydroxyl groups excluding tert-OH is 1. The zero-order valence-electron chi connectivity index (χ0n) is 13.8. The van der Waals surface area contributed by atoms with Crippen LogP contribution in [0.15, 0.2) is 24.0 Å². The zero-order chi connectivity index (χ0) is 16.9. The van der Waals surface area contributed by atoms with E-state index < -0.39 is 6.10 Å². The van der Waals surface area contributed by atoms with Crippen LogP contribution in [0.2, 0.25) is 0 Å². The second-order valence-electron chi connectivity index (χ2n) is 6.20. The molecule has 130 valence electrons. The van der Waals surface area contributed by atoms with E-state index in [-0.39, 0.29) is 11.9 Å². The smallest absolute Gasteiger partial charge is 0.263 e. The molecule has 1 unspecified atom stereocenters. The normalized spacial score (nSPS) is 17.8. The molecule has 1 fully saturated rings. The van der Waals surface area contributed by atoms with Gasteiger partial charge in [0.2, 0.25) is 0 Å². The fourth-order valence-electron chi connectivity index (χ4n) is 3.01. The Hall–Kier alpha value is -1.77. The highest BCUT2D eigenvalue weighted by Gasteiger charge is 2.23. The Bertz CT molecular complexity index is 649. The lowest BCUT2D eigenvalue weighted by Crippen LogP contribution is -2.46. The van der Waals surface area contributed by atoms with Gasteiger partial charge in [-0.25, -0.2) is 4.98 Å². The lowest BCUT2D eigenvalue weighted by molar-refractivity contribution is 0.0751. The molecule has 1 aliphatic rings. The van der Waals surface area contributed by atoms with Crippen molar-refractivity contribution in [3.63, 3.8) is 0 Å². The molecule has 8 heteroatoms. The van der Waals surface area contributed by atoms with Gasteiger partial charge in [0.25, 0.3) is 5.91 Å². The number of aryl methyl sites for hydroxylation is 1. The first-order chi connectivity index (χ1) is 11.6. The summed E-state index contributed by atoms with van der Waals surface area (Å²) in [5.41, 5.74) is 2.49. The first-order valence-corrected chi connectivity index (χ1v) is 9.08. The van der Waals surface area contributed by atoms with Crippen molar-refractivity contribution in [3.05, 3.63) is 34.5 Å². The molecule has 2 aromatic rings. The number of nitrogens with one attached hydrogen (secondary N) is 1. The van der Waals surface area contributed by atoms with Crippen LogP contribution in [0, 0.1) is 6.92 Å². The second-order valence-corrected chi connectivity index (χ2v) is 7.05. The van der Waals surface area contributed by atoms with E-state index in [0.29, 0.717) is 18.0 Å². The number of carbonyl (C=O) groups excluding carboxylic acids is 1. The Kier molecular flexibility index (Phi) is 5.60. The molecule has 2 aromatic heterocycles. The maximum absolute atomic E-state index is 12.2. The van der Waals surface area contributed by atoms with Crippen molar-refractivity contribution >= 4 is 17.2 Å². The molecule has 0 aliphatic carbocycles. The van der Waals surface area contributed by atoms with Crippen LogP contribution in [-0.4, -0.2) is 62.5 Å². The SMILES string of the molecule is Cc1ncsc1C(=O)NC1CCN(CC(O)Cn2cccn2)CC1. The zero-order valence-corrected chi connectivity index (χ0v) is 14.6. The van der Waals surface area contributed by atoms with E-state index in [4.69, 9.17) is 0 Å². The Morgan fingerprint density at radius 3 is 2.88 bits per heavy atom. The molecule has 2 N–H and O–H groups in total. The second kappa shape index (κ2) is 7.87. The number of piperidine rings is 1. The van der Waals surface area contributed by atoms with Crippen molar-refractivity contribution in [3.8, 4) is 0 Å². The third kappa shape index (κ3) is 4.40. The molecule has 1 amide bonds. The highest BCUT2D eigenvalue weighted by molar-refractivity contribution is 7.11. The van der Waals surface area contributed by atoms with Gasteiger partial charge in [-0.2, -0.15) is 5.10 Å². The lowest BCUT2D eigenvalue weighted by Gasteiger charge is -2.33. The standard InChI is InChI=1S/C16H23N5O2S/c1-12-15(24-11-17-12)16(23)19-13-3-7-20(8-4-13)9-14(22)10-21-6-2-5-18-21/h2,5-6,11,13-14,22H,3-4,7-10H2,1H3,(H,19,23). The van der Waals surface area contributed by atoms with Crippen LogP contribution in [0.25, 0.3) is 0 Å². The van der Waals surface area contributed by atoms with Gasteiger partial charge in [0.05, 0.1) is 23.9 Å². The fourth-order valence-corrected chi connectivity index (χ4v) is 3.72. The van der Waals surface area contributed by atoms with E-state index in [1.165, 1.54) is 11.3 Å². The highest BCUT2D eigenvalue weighted by Crippen LogP contribution is 2.15.